The molecule has 0 aliphatic heterocycles. The van der Waals surface area contributed by atoms with Crippen LogP contribution in [0, 0.1) is 0 Å². The van der Waals surface area contributed by atoms with Gasteiger partial charge in [0.1, 0.15) is 10.8 Å². The number of thiazole rings is 1. The van der Waals surface area contributed by atoms with Crippen molar-refractivity contribution in [2.24, 2.45) is 5.73 Å². The number of carbonyl (C=O) groups excluding carboxylic acids is 1. The van der Waals surface area contributed by atoms with Crippen molar-refractivity contribution < 1.29 is 14.5 Å². The minimum Gasteiger partial charge on any atom is -0.487 e. The Morgan fingerprint density at radius 2 is 2.15 bits per heavy atom. The number of hydrogen-bond donors (Lipinski definition) is 2. The van der Waals surface area contributed by atoms with Gasteiger partial charge in [-0.2, -0.15) is 0 Å². The van der Waals surface area contributed by atoms with Gasteiger partial charge in [-0.1, -0.05) is 22.9 Å². The predicted molar refractivity (Wildman–Crippen MR) is 103 cm³/mol. The van der Waals surface area contributed by atoms with E-state index in [0.29, 0.717) is 22.2 Å². The van der Waals surface area contributed by atoms with Crippen molar-refractivity contribution in [3.8, 4) is 17.0 Å². The smallest absolute Gasteiger partial charge is 0.337 e. The number of aromatic nitrogens is 2. The van der Waals surface area contributed by atoms with Crippen LogP contribution in [0.25, 0.3) is 11.3 Å². The van der Waals surface area contributed by atoms with Crippen molar-refractivity contribution in [2.45, 2.75) is 20.0 Å². The molecule has 8 heteroatoms. The lowest BCUT2D eigenvalue weighted by Crippen LogP contribution is -2.14. The molecule has 134 valence electrons. The normalized spacial score (nSPS) is 10.8. The number of nitrogens with two attached hydrogens (primary N) is 1. The van der Waals surface area contributed by atoms with Gasteiger partial charge in [0.2, 0.25) is 5.91 Å². The van der Waals surface area contributed by atoms with E-state index in [4.69, 9.17) is 22.1 Å². The van der Waals surface area contributed by atoms with E-state index in [1.807, 2.05) is 25.3 Å². The highest BCUT2D eigenvalue weighted by atomic mass is 35.5. The van der Waals surface area contributed by atoms with E-state index >= 15 is 0 Å². The Morgan fingerprint density at radius 3 is 2.81 bits per heavy atom. The Kier molecular flexibility index (Phi) is 5.39. The van der Waals surface area contributed by atoms with Gasteiger partial charge in [-0.3, -0.25) is 4.79 Å². The predicted octanol–water partition coefficient (Wildman–Crippen LogP) is 3.91. The number of amides is 1. The van der Waals surface area contributed by atoms with Gasteiger partial charge < -0.3 is 10.5 Å². The number of halogens is 1. The van der Waals surface area contributed by atoms with Crippen molar-refractivity contribution in [2.75, 3.05) is 5.32 Å². The molecule has 0 spiro atoms. The molecule has 0 atom stereocenters. The summed E-state index contributed by atoms with van der Waals surface area (Å²) >= 11 is 7.31. The summed E-state index contributed by atoms with van der Waals surface area (Å²) < 4.78 is 5.81. The third kappa shape index (κ3) is 4.30. The van der Waals surface area contributed by atoms with Crippen LogP contribution >= 0.6 is 22.9 Å². The highest BCUT2D eigenvalue weighted by molar-refractivity contribution is 7.13. The van der Waals surface area contributed by atoms with Crippen molar-refractivity contribution in [1.29, 1.82) is 0 Å². The molecule has 0 unspecified atom stereocenters. The molecule has 2 heterocycles. The van der Waals surface area contributed by atoms with Crippen molar-refractivity contribution in [3.63, 3.8) is 0 Å². The third-order valence-electron chi connectivity index (χ3n) is 3.46. The van der Waals surface area contributed by atoms with Gasteiger partial charge in [0, 0.05) is 28.8 Å². The molecule has 2 aromatic heterocycles. The number of ether oxygens (including phenoxy) is 1. The van der Waals surface area contributed by atoms with Crippen LogP contribution in [0.3, 0.4) is 0 Å². The van der Waals surface area contributed by atoms with Gasteiger partial charge in [0.15, 0.2) is 11.4 Å². The quantitative estimate of drug-likeness (QED) is 0.625. The van der Waals surface area contributed by atoms with E-state index in [1.54, 1.807) is 30.5 Å². The zero-order valence-corrected chi connectivity index (χ0v) is 15.8. The number of benzene rings is 1. The van der Waals surface area contributed by atoms with E-state index in [1.165, 1.54) is 11.3 Å². The SMILES string of the molecule is CC(C)Oc1ccc(C(N)=O)cc1Nc1[nH+]c(-c2ccc(Cl)nc2)cs1. The maximum absolute atomic E-state index is 11.5. The maximum Gasteiger partial charge on any atom is 0.337 e. The average molecular weight is 390 g/mol. The summed E-state index contributed by atoms with van der Waals surface area (Å²) in [4.78, 5) is 18.9. The van der Waals surface area contributed by atoms with Gasteiger partial charge in [0.25, 0.3) is 0 Å². The van der Waals surface area contributed by atoms with Gasteiger partial charge in [-0.05, 0) is 38.1 Å². The lowest BCUT2D eigenvalue weighted by Gasteiger charge is -2.12. The van der Waals surface area contributed by atoms with E-state index in [2.05, 4.69) is 15.3 Å². The molecule has 0 fully saturated rings. The first kappa shape index (κ1) is 18.2. The molecule has 3 rings (SSSR count). The zero-order valence-electron chi connectivity index (χ0n) is 14.2. The number of pyridine rings is 1. The summed E-state index contributed by atoms with van der Waals surface area (Å²) in [5.74, 6) is 0.147. The largest absolute Gasteiger partial charge is 0.487 e. The molecule has 1 amide bonds. The fourth-order valence-corrected chi connectivity index (χ4v) is 3.18. The van der Waals surface area contributed by atoms with Crippen LogP contribution in [0.1, 0.15) is 24.2 Å². The second-order valence-corrected chi connectivity index (χ2v) is 7.11. The number of aromatic amines is 1. The van der Waals surface area contributed by atoms with Crippen molar-refractivity contribution in [3.05, 3.63) is 52.6 Å². The maximum atomic E-state index is 11.5. The summed E-state index contributed by atoms with van der Waals surface area (Å²) in [6.45, 7) is 3.88. The highest BCUT2D eigenvalue weighted by Crippen LogP contribution is 2.31. The van der Waals surface area contributed by atoms with Crippen LogP contribution in [-0.4, -0.2) is 17.0 Å². The lowest BCUT2D eigenvalue weighted by molar-refractivity contribution is -0.340. The fraction of sp³-hybridized carbons (Fsp3) is 0.167. The van der Waals surface area contributed by atoms with Crippen LogP contribution in [0.5, 0.6) is 5.75 Å². The summed E-state index contributed by atoms with van der Waals surface area (Å²) in [7, 11) is 0. The number of H-pyrrole nitrogens is 1. The van der Waals surface area contributed by atoms with Crippen molar-refractivity contribution in [1.82, 2.24) is 4.98 Å². The number of carbonyl (C=O) groups is 1. The van der Waals surface area contributed by atoms with E-state index < -0.39 is 5.91 Å². The standard InChI is InChI=1S/C18H17ClN4O2S/c1-10(2)25-15-5-3-11(17(20)24)7-13(15)22-18-23-14(9-26-18)12-4-6-16(19)21-8-12/h3-10H,1-2H3,(H2,20,24)(H,22,23)/p+1. The Balaban J connectivity index is 1.89. The van der Waals surface area contributed by atoms with E-state index in [0.717, 1.165) is 16.4 Å². The first-order valence-corrected chi connectivity index (χ1v) is 9.18. The molecular weight excluding hydrogens is 372 g/mol. The number of nitrogens with one attached hydrogen (secondary N) is 2. The highest BCUT2D eigenvalue weighted by Gasteiger charge is 2.17. The molecule has 3 aromatic rings. The molecule has 0 aliphatic rings. The van der Waals surface area contributed by atoms with E-state index in [9.17, 15) is 4.79 Å². The Labute approximate surface area is 160 Å². The molecule has 6 nitrogen and oxygen atoms in total. The molecule has 0 aliphatic carbocycles. The monoisotopic (exact) mass is 389 g/mol. The molecular formula is C18H18ClN4O2S+. The number of nitrogens with zero attached hydrogens (tertiary/aromatic N) is 1. The number of rotatable bonds is 6. The molecule has 4 N–H and O–H groups in total. The lowest BCUT2D eigenvalue weighted by atomic mass is 10.1. The molecule has 26 heavy (non-hydrogen) atoms. The molecule has 0 saturated heterocycles. The first-order valence-electron chi connectivity index (χ1n) is 7.92. The number of hydrogen-bond acceptors (Lipinski definition) is 5. The van der Waals surface area contributed by atoms with Gasteiger partial charge in [-0.15, -0.1) is 0 Å². The average Bonchev–Trinajstić information content (AvgIpc) is 3.05. The molecule has 0 saturated carbocycles. The summed E-state index contributed by atoms with van der Waals surface area (Å²) in [6.07, 6.45) is 1.70. The Morgan fingerprint density at radius 1 is 1.35 bits per heavy atom. The van der Waals surface area contributed by atoms with Crippen LogP contribution in [0.15, 0.2) is 41.9 Å². The summed E-state index contributed by atoms with van der Waals surface area (Å²) in [5.41, 5.74) is 8.28. The van der Waals surface area contributed by atoms with Crippen LogP contribution in [0.4, 0.5) is 10.8 Å². The Bertz CT molecular complexity index is 925. The van der Waals surface area contributed by atoms with Gasteiger partial charge >= 0.3 is 5.13 Å². The molecule has 0 radical (unpaired) electrons. The molecule has 1 aromatic carbocycles. The second-order valence-electron chi connectivity index (χ2n) is 5.84. The fourth-order valence-electron chi connectivity index (χ4n) is 2.30. The van der Waals surface area contributed by atoms with Gasteiger partial charge in [-0.25, -0.2) is 15.3 Å². The van der Waals surface area contributed by atoms with Crippen molar-refractivity contribution >= 4 is 39.7 Å². The second kappa shape index (κ2) is 7.72. The minimum absolute atomic E-state index is 0.00186. The topological polar surface area (TPSA) is 91.4 Å². The van der Waals surface area contributed by atoms with Gasteiger partial charge in [0.05, 0.1) is 6.10 Å². The summed E-state index contributed by atoms with van der Waals surface area (Å²) in [6, 6.07) is 8.68. The van der Waals surface area contributed by atoms with Crippen LogP contribution in [-0.2, 0) is 0 Å². The molecule has 0 bridgehead atoms. The van der Waals surface area contributed by atoms with Crippen LogP contribution in [0.2, 0.25) is 5.15 Å². The van der Waals surface area contributed by atoms with Crippen LogP contribution < -0.4 is 20.8 Å². The minimum atomic E-state index is -0.493. The third-order valence-corrected chi connectivity index (χ3v) is 4.47. The number of anilines is 2. The zero-order chi connectivity index (χ0) is 18.7. The number of primary amides is 1. The first-order chi connectivity index (χ1) is 12.4. The van der Waals surface area contributed by atoms with E-state index in [-0.39, 0.29) is 6.10 Å². The summed E-state index contributed by atoms with van der Waals surface area (Å²) in [5, 5.41) is 6.45. The Hall–Kier alpha value is -2.64.